The van der Waals surface area contributed by atoms with Gasteiger partial charge in [-0.25, -0.2) is 0 Å². The Morgan fingerprint density at radius 1 is 1.89 bits per heavy atom. The fraction of sp³-hybridized carbons (Fsp3) is 0.250. The van der Waals surface area contributed by atoms with Crippen molar-refractivity contribution in [2.24, 2.45) is 5.73 Å². The van der Waals surface area contributed by atoms with E-state index < -0.39 is 4.92 Å². The molecule has 2 N–H and O–H groups in total. The van der Waals surface area contributed by atoms with Crippen molar-refractivity contribution in [3.63, 3.8) is 0 Å². The number of nitriles is 1. The lowest BCUT2D eigenvalue weighted by atomic mass is 10.4. The lowest BCUT2D eigenvalue weighted by Gasteiger charge is -1.87. The summed E-state index contributed by atoms with van der Waals surface area (Å²) < 4.78 is 0. The summed E-state index contributed by atoms with van der Waals surface area (Å²) in [4.78, 5) is 9.12. The molecule has 0 aliphatic heterocycles. The average Bonchev–Trinajstić information content (AvgIpc) is 1.84. The van der Waals surface area contributed by atoms with E-state index >= 15 is 0 Å². The molecule has 0 bridgehead atoms. The van der Waals surface area contributed by atoms with Gasteiger partial charge >= 0.3 is 0 Å². The third kappa shape index (κ3) is 1.78. The summed E-state index contributed by atoms with van der Waals surface area (Å²) in [5.74, 6) is 0. The minimum Gasteiger partial charge on any atom is -0.385 e. The predicted molar refractivity (Wildman–Crippen MR) is 29.5 cm³/mol. The zero-order valence-corrected chi connectivity index (χ0v) is 4.79. The summed E-state index contributed by atoms with van der Waals surface area (Å²) in [5.41, 5.74) is 4.24. The first-order valence-electron chi connectivity index (χ1n) is 2.10. The topological polar surface area (TPSA) is 93.0 Å². The standard InChI is InChI=1S/C4H5N3O2/c1-3(7(8)9)4(6)2-5/h6H2,1H3/b4-3+. The molecule has 9 heavy (non-hydrogen) atoms. The van der Waals surface area contributed by atoms with Gasteiger partial charge in [-0.05, 0) is 0 Å². The first kappa shape index (κ1) is 7.43. The molecule has 5 heteroatoms. The van der Waals surface area contributed by atoms with Crippen molar-refractivity contribution >= 4 is 0 Å². The van der Waals surface area contributed by atoms with Crippen LogP contribution in [0.4, 0.5) is 0 Å². The van der Waals surface area contributed by atoms with E-state index in [1.54, 1.807) is 0 Å². The minimum absolute atomic E-state index is 0.308. The molecular weight excluding hydrogens is 122 g/mol. The second-order valence-electron chi connectivity index (χ2n) is 1.37. The molecular formula is C4H5N3O2. The fourth-order valence-corrected chi connectivity index (χ4v) is 0.179. The highest BCUT2D eigenvalue weighted by Crippen LogP contribution is 1.95. The van der Waals surface area contributed by atoms with Gasteiger partial charge in [0.1, 0.15) is 6.07 Å². The SMILES string of the molecule is C/C(=C(\N)C#N)[N+](=O)[O-]. The lowest BCUT2D eigenvalue weighted by Crippen LogP contribution is -2.04. The van der Waals surface area contributed by atoms with Crippen molar-refractivity contribution in [2.75, 3.05) is 0 Å². The number of nitrogens with two attached hydrogens (primary N) is 1. The van der Waals surface area contributed by atoms with Gasteiger partial charge in [-0.3, -0.25) is 10.1 Å². The van der Waals surface area contributed by atoms with E-state index in [0.29, 0.717) is 0 Å². The van der Waals surface area contributed by atoms with Gasteiger partial charge < -0.3 is 5.73 Å². The predicted octanol–water partition coefficient (Wildman–Crippen LogP) is -0.0231. The monoisotopic (exact) mass is 127 g/mol. The molecule has 0 aromatic carbocycles. The van der Waals surface area contributed by atoms with Gasteiger partial charge in [0.15, 0.2) is 5.70 Å². The maximum absolute atomic E-state index is 9.82. The van der Waals surface area contributed by atoms with Crippen molar-refractivity contribution in [1.82, 2.24) is 0 Å². The van der Waals surface area contributed by atoms with Gasteiger partial charge in [-0.2, -0.15) is 5.26 Å². The third-order valence-electron chi connectivity index (χ3n) is 0.784. The molecule has 5 nitrogen and oxygen atoms in total. The van der Waals surface area contributed by atoms with Crippen LogP contribution in [0, 0.1) is 21.4 Å². The Morgan fingerprint density at radius 3 is 2.44 bits per heavy atom. The van der Waals surface area contributed by atoms with Crippen molar-refractivity contribution in [1.29, 1.82) is 5.26 Å². The number of rotatable bonds is 1. The van der Waals surface area contributed by atoms with Crippen LogP contribution < -0.4 is 5.73 Å². The molecule has 0 fully saturated rings. The molecule has 0 saturated carbocycles. The summed E-state index contributed by atoms with van der Waals surface area (Å²) >= 11 is 0. The Bertz CT molecular complexity index is 200. The molecule has 0 rings (SSSR count). The van der Waals surface area contributed by atoms with E-state index in [9.17, 15) is 10.1 Å². The smallest absolute Gasteiger partial charge is 0.276 e. The van der Waals surface area contributed by atoms with Crippen LogP contribution in [-0.2, 0) is 0 Å². The number of hydrogen-bond donors (Lipinski definition) is 1. The molecule has 0 atom stereocenters. The van der Waals surface area contributed by atoms with E-state index in [2.05, 4.69) is 0 Å². The zero-order chi connectivity index (χ0) is 7.44. The highest BCUT2D eigenvalue weighted by atomic mass is 16.6. The Morgan fingerprint density at radius 2 is 2.33 bits per heavy atom. The van der Waals surface area contributed by atoms with Crippen molar-refractivity contribution in [3.05, 3.63) is 21.5 Å². The Hall–Kier alpha value is -1.57. The highest BCUT2D eigenvalue weighted by Gasteiger charge is 2.06. The lowest BCUT2D eigenvalue weighted by molar-refractivity contribution is -0.425. The van der Waals surface area contributed by atoms with Gasteiger partial charge in [0.2, 0.25) is 0 Å². The van der Waals surface area contributed by atoms with Crippen LogP contribution >= 0.6 is 0 Å². The Labute approximate surface area is 51.5 Å². The fourth-order valence-electron chi connectivity index (χ4n) is 0.179. The molecule has 0 aliphatic rings. The van der Waals surface area contributed by atoms with Crippen LogP contribution in [-0.4, -0.2) is 4.92 Å². The van der Waals surface area contributed by atoms with Crippen LogP contribution in [0.3, 0.4) is 0 Å². The van der Waals surface area contributed by atoms with E-state index in [4.69, 9.17) is 11.0 Å². The summed E-state index contributed by atoms with van der Waals surface area (Å²) in [7, 11) is 0. The summed E-state index contributed by atoms with van der Waals surface area (Å²) in [6.45, 7) is 1.18. The largest absolute Gasteiger partial charge is 0.385 e. The Kier molecular flexibility index (Phi) is 2.20. The van der Waals surface area contributed by atoms with Gasteiger partial charge in [0, 0.05) is 6.92 Å². The maximum atomic E-state index is 9.82. The molecule has 0 saturated heterocycles. The van der Waals surface area contributed by atoms with Crippen LogP contribution in [0.5, 0.6) is 0 Å². The molecule has 0 spiro atoms. The summed E-state index contributed by atoms with van der Waals surface area (Å²) in [6, 6.07) is 1.46. The van der Waals surface area contributed by atoms with Gasteiger partial charge in [-0.1, -0.05) is 0 Å². The Balaban J connectivity index is 4.54. The summed E-state index contributed by atoms with van der Waals surface area (Å²) in [6.07, 6.45) is 0. The number of nitro groups is 1. The quantitative estimate of drug-likeness (QED) is 0.304. The third-order valence-corrected chi connectivity index (χ3v) is 0.784. The second-order valence-corrected chi connectivity index (χ2v) is 1.37. The van der Waals surface area contributed by atoms with Crippen molar-refractivity contribution in [2.45, 2.75) is 6.92 Å². The molecule has 48 valence electrons. The van der Waals surface area contributed by atoms with Crippen LogP contribution in [0.15, 0.2) is 11.4 Å². The van der Waals surface area contributed by atoms with Gasteiger partial charge in [-0.15, -0.1) is 0 Å². The van der Waals surface area contributed by atoms with E-state index in [1.807, 2.05) is 0 Å². The van der Waals surface area contributed by atoms with Crippen LogP contribution in [0.2, 0.25) is 0 Å². The van der Waals surface area contributed by atoms with E-state index in [0.717, 1.165) is 0 Å². The van der Waals surface area contributed by atoms with Crippen molar-refractivity contribution < 1.29 is 4.92 Å². The molecule has 0 aliphatic carbocycles. The van der Waals surface area contributed by atoms with Crippen LogP contribution in [0.1, 0.15) is 6.92 Å². The number of hydrogen-bond acceptors (Lipinski definition) is 4. The highest BCUT2D eigenvalue weighted by molar-refractivity contribution is 5.18. The van der Waals surface area contributed by atoms with Crippen molar-refractivity contribution in [3.8, 4) is 6.07 Å². The molecule has 0 aromatic rings. The molecule has 0 radical (unpaired) electrons. The first-order chi connectivity index (χ1) is 4.09. The molecule has 0 aromatic heterocycles. The normalized spacial score (nSPS) is 11.6. The van der Waals surface area contributed by atoms with Gasteiger partial charge in [0.05, 0.1) is 4.92 Å². The first-order valence-corrected chi connectivity index (χ1v) is 2.10. The van der Waals surface area contributed by atoms with E-state index in [1.165, 1.54) is 13.0 Å². The van der Waals surface area contributed by atoms with E-state index in [-0.39, 0.29) is 11.4 Å². The summed E-state index contributed by atoms with van der Waals surface area (Å²) in [5, 5.41) is 17.8. The maximum Gasteiger partial charge on any atom is 0.276 e. The molecule has 0 amide bonds. The second kappa shape index (κ2) is 2.67. The van der Waals surface area contributed by atoms with Gasteiger partial charge in [0.25, 0.3) is 5.70 Å². The minimum atomic E-state index is -0.696. The average molecular weight is 127 g/mol. The molecule has 0 heterocycles. The number of nitrogens with zero attached hydrogens (tertiary/aromatic N) is 2. The van der Waals surface area contributed by atoms with Crippen LogP contribution in [0.25, 0.3) is 0 Å². The molecule has 0 unspecified atom stereocenters. The number of allylic oxidation sites excluding steroid dienone is 2. The zero-order valence-electron chi connectivity index (χ0n) is 4.79.